The fraction of sp³-hybridized carbons (Fsp3) is 0.409. The number of hydrogen-bond acceptors (Lipinski definition) is 7. The maximum atomic E-state index is 13.3. The molecule has 0 saturated heterocycles. The number of hydrogen-bond donors (Lipinski definition) is 1. The van der Waals surface area contributed by atoms with Gasteiger partial charge in [-0.2, -0.15) is 5.10 Å². The van der Waals surface area contributed by atoms with Crippen LogP contribution >= 0.6 is 0 Å². The molecule has 2 aliphatic heterocycles. The van der Waals surface area contributed by atoms with Crippen LogP contribution in [0.25, 0.3) is 0 Å². The van der Waals surface area contributed by atoms with Gasteiger partial charge in [0, 0.05) is 29.8 Å². The topological polar surface area (TPSA) is 104 Å². The van der Waals surface area contributed by atoms with Crippen LogP contribution in [-0.2, 0) is 11.8 Å². The van der Waals surface area contributed by atoms with Gasteiger partial charge in [-0.05, 0) is 26.0 Å². The zero-order valence-electron chi connectivity index (χ0n) is 18.5. The zero-order chi connectivity index (χ0) is 22.2. The summed E-state index contributed by atoms with van der Waals surface area (Å²) in [7, 11) is 0. The Morgan fingerprint density at radius 2 is 2.16 bits per heavy atom. The van der Waals surface area contributed by atoms with Crippen molar-refractivity contribution in [2.24, 2.45) is 5.10 Å². The standard InChI is InChI=1S/C22H27N7O2/c1-6-15-9-7-8-14(2)29(15)25-12-17-18-16(23-13-24-18)10-11-28(17)20(30)19-26-27-21(31-19)22(3,4)5/h6-9,12-13,17H,10-11H2,1-5H3,(H,23,24)/b15-6-,25-12+/t17-/m0/s1. The van der Waals surface area contributed by atoms with Gasteiger partial charge in [0.15, 0.2) is 0 Å². The molecule has 0 bridgehead atoms. The second-order valence-corrected chi connectivity index (χ2v) is 8.58. The predicted molar refractivity (Wildman–Crippen MR) is 116 cm³/mol. The van der Waals surface area contributed by atoms with E-state index in [0.29, 0.717) is 18.9 Å². The van der Waals surface area contributed by atoms with E-state index in [2.05, 4.69) is 20.2 Å². The van der Waals surface area contributed by atoms with E-state index in [1.165, 1.54) is 0 Å². The Labute approximate surface area is 181 Å². The second-order valence-electron chi connectivity index (χ2n) is 8.58. The molecule has 0 aromatic carbocycles. The third kappa shape index (κ3) is 3.95. The normalized spacial score (nSPS) is 20.5. The summed E-state index contributed by atoms with van der Waals surface area (Å²) in [5.41, 5.74) is 3.38. The first-order valence-corrected chi connectivity index (χ1v) is 10.3. The molecule has 1 atom stereocenters. The monoisotopic (exact) mass is 421 g/mol. The maximum absolute atomic E-state index is 13.3. The SMILES string of the molecule is C/C=C1/C=CC=C(C)N1/N=C/[C@H]1c2nc[nH]c2CCN1C(=O)c1nnc(C(C)(C)C)o1. The number of imidazole rings is 1. The number of hydrazone groups is 1. The van der Waals surface area contributed by atoms with Crippen molar-refractivity contribution in [2.45, 2.75) is 52.5 Å². The highest BCUT2D eigenvalue weighted by molar-refractivity contribution is 5.92. The lowest BCUT2D eigenvalue weighted by Gasteiger charge is -2.32. The van der Waals surface area contributed by atoms with Crippen molar-refractivity contribution in [1.29, 1.82) is 0 Å². The average Bonchev–Trinajstić information content (AvgIpc) is 3.41. The number of rotatable bonds is 3. The van der Waals surface area contributed by atoms with E-state index in [1.54, 1.807) is 17.4 Å². The number of nitrogens with zero attached hydrogens (tertiary/aromatic N) is 6. The lowest BCUT2D eigenvalue weighted by atomic mass is 9.97. The Morgan fingerprint density at radius 3 is 2.87 bits per heavy atom. The first kappa shape index (κ1) is 20.8. The van der Waals surface area contributed by atoms with Crippen LogP contribution < -0.4 is 0 Å². The molecule has 0 spiro atoms. The van der Waals surface area contributed by atoms with E-state index in [9.17, 15) is 4.79 Å². The summed E-state index contributed by atoms with van der Waals surface area (Å²) in [5.74, 6) is 0.0794. The predicted octanol–water partition coefficient (Wildman–Crippen LogP) is 3.50. The molecular weight excluding hydrogens is 394 g/mol. The van der Waals surface area contributed by atoms with Gasteiger partial charge in [-0.25, -0.2) is 9.99 Å². The van der Waals surface area contributed by atoms with Gasteiger partial charge in [-0.1, -0.05) is 32.9 Å². The number of allylic oxidation sites excluding steroid dienone is 5. The summed E-state index contributed by atoms with van der Waals surface area (Å²) in [4.78, 5) is 22.6. The molecule has 1 N–H and O–H groups in total. The molecule has 31 heavy (non-hydrogen) atoms. The van der Waals surface area contributed by atoms with Gasteiger partial charge in [0.1, 0.15) is 6.04 Å². The zero-order valence-corrected chi connectivity index (χ0v) is 18.5. The van der Waals surface area contributed by atoms with Crippen LogP contribution in [0.5, 0.6) is 0 Å². The summed E-state index contributed by atoms with van der Waals surface area (Å²) in [6.07, 6.45) is 12.0. The summed E-state index contributed by atoms with van der Waals surface area (Å²) in [6.45, 7) is 10.3. The van der Waals surface area contributed by atoms with Gasteiger partial charge >= 0.3 is 11.8 Å². The van der Waals surface area contributed by atoms with Crippen molar-refractivity contribution in [1.82, 2.24) is 30.1 Å². The Kier molecular flexibility index (Phi) is 5.34. The molecule has 4 rings (SSSR count). The third-order valence-corrected chi connectivity index (χ3v) is 5.28. The number of aromatic nitrogens is 4. The lowest BCUT2D eigenvalue weighted by molar-refractivity contribution is 0.0668. The molecule has 4 heterocycles. The maximum Gasteiger partial charge on any atom is 0.312 e. The molecule has 0 fully saturated rings. The smallest absolute Gasteiger partial charge is 0.312 e. The largest absolute Gasteiger partial charge is 0.416 e. The quantitative estimate of drug-likeness (QED) is 0.761. The molecule has 0 saturated carbocycles. The molecule has 162 valence electrons. The van der Waals surface area contributed by atoms with Crippen LogP contribution in [0.3, 0.4) is 0 Å². The van der Waals surface area contributed by atoms with Gasteiger partial charge in [-0.3, -0.25) is 4.79 Å². The Bertz CT molecular complexity index is 1100. The fourth-order valence-electron chi connectivity index (χ4n) is 3.56. The van der Waals surface area contributed by atoms with E-state index in [-0.39, 0.29) is 17.2 Å². The minimum absolute atomic E-state index is 0.0200. The van der Waals surface area contributed by atoms with Crippen LogP contribution in [0.4, 0.5) is 0 Å². The van der Waals surface area contributed by atoms with E-state index in [1.807, 2.05) is 63.9 Å². The highest BCUT2D eigenvalue weighted by atomic mass is 16.4. The Balaban J connectivity index is 1.66. The molecule has 0 aliphatic carbocycles. The minimum atomic E-state index is -0.454. The van der Waals surface area contributed by atoms with Crippen LogP contribution in [0, 0.1) is 0 Å². The average molecular weight is 422 g/mol. The van der Waals surface area contributed by atoms with E-state index >= 15 is 0 Å². The highest BCUT2D eigenvalue weighted by Gasteiger charge is 2.35. The van der Waals surface area contributed by atoms with Crippen LogP contribution in [0.15, 0.2) is 51.5 Å². The van der Waals surface area contributed by atoms with Crippen molar-refractivity contribution < 1.29 is 9.21 Å². The molecule has 9 nitrogen and oxygen atoms in total. The highest BCUT2D eigenvalue weighted by Crippen LogP contribution is 2.29. The summed E-state index contributed by atoms with van der Waals surface area (Å²) in [6, 6.07) is -0.454. The number of fused-ring (bicyclic) bond motifs is 1. The molecule has 2 aromatic heterocycles. The number of H-pyrrole nitrogens is 1. The minimum Gasteiger partial charge on any atom is -0.416 e. The number of carbonyl (C=O) groups excluding carboxylic acids is 1. The third-order valence-electron chi connectivity index (χ3n) is 5.28. The van der Waals surface area contributed by atoms with Crippen molar-refractivity contribution in [3.8, 4) is 0 Å². The second kappa shape index (κ2) is 7.98. The molecule has 9 heteroatoms. The molecule has 1 amide bonds. The molecule has 0 radical (unpaired) electrons. The van der Waals surface area contributed by atoms with Gasteiger partial charge in [0.05, 0.1) is 23.9 Å². The van der Waals surface area contributed by atoms with E-state index in [4.69, 9.17) is 9.52 Å². The number of carbonyl (C=O) groups is 1. The van der Waals surface area contributed by atoms with Gasteiger partial charge in [0.25, 0.3) is 0 Å². The van der Waals surface area contributed by atoms with Gasteiger partial charge in [0.2, 0.25) is 5.89 Å². The first-order chi connectivity index (χ1) is 14.8. The first-order valence-electron chi connectivity index (χ1n) is 10.3. The fourth-order valence-corrected chi connectivity index (χ4v) is 3.56. The van der Waals surface area contributed by atoms with Crippen molar-refractivity contribution in [3.05, 3.63) is 65.2 Å². The molecule has 2 aromatic rings. The Hall–Kier alpha value is -3.49. The molecule has 2 aliphatic rings. The molecular formula is C22H27N7O2. The van der Waals surface area contributed by atoms with Crippen LogP contribution in [-0.4, -0.2) is 48.7 Å². The van der Waals surface area contributed by atoms with E-state index in [0.717, 1.165) is 22.8 Å². The number of aromatic amines is 1. The van der Waals surface area contributed by atoms with Gasteiger partial charge < -0.3 is 14.3 Å². The van der Waals surface area contributed by atoms with E-state index < -0.39 is 6.04 Å². The van der Waals surface area contributed by atoms with Crippen LogP contribution in [0.1, 0.15) is 68.6 Å². The summed E-state index contributed by atoms with van der Waals surface area (Å²) >= 11 is 0. The van der Waals surface area contributed by atoms with Gasteiger partial charge in [-0.15, -0.1) is 10.2 Å². The summed E-state index contributed by atoms with van der Waals surface area (Å²) in [5, 5.41) is 14.6. The Morgan fingerprint density at radius 1 is 1.35 bits per heavy atom. The number of amides is 1. The molecule has 0 unspecified atom stereocenters. The summed E-state index contributed by atoms with van der Waals surface area (Å²) < 4.78 is 5.70. The van der Waals surface area contributed by atoms with Crippen molar-refractivity contribution >= 4 is 12.1 Å². The lowest BCUT2D eigenvalue weighted by Crippen LogP contribution is -2.41. The van der Waals surface area contributed by atoms with Crippen molar-refractivity contribution in [3.63, 3.8) is 0 Å². The van der Waals surface area contributed by atoms with Crippen LogP contribution in [0.2, 0.25) is 0 Å². The number of nitrogens with one attached hydrogen (secondary N) is 1. The van der Waals surface area contributed by atoms with Crippen molar-refractivity contribution in [2.75, 3.05) is 6.54 Å².